The number of aryl methyl sites for hydroxylation is 1. The predicted octanol–water partition coefficient (Wildman–Crippen LogP) is 6.21. The SMILES string of the molecule is Cc1ccc2nc(-c3ccc(NC(=O)c4ccc5ccccc5c4)cc3)oc2c1. The predicted molar refractivity (Wildman–Crippen MR) is 116 cm³/mol. The molecular weight excluding hydrogens is 360 g/mol. The number of amides is 1. The van der Waals surface area contributed by atoms with E-state index < -0.39 is 0 Å². The Morgan fingerprint density at radius 2 is 1.66 bits per heavy atom. The molecule has 1 aromatic heterocycles. The standard InChI is InChI=1S/C25H18N2O2/c1-16-6-13-22-23(14-16)29-25(27-22)18-9-11-21(12-10-18)26-24(28)20-8-7-17-4-2-3-5-19(17)15-20/h2-15H,1H3,(H,26,28). The zero-order chi connectivity index (χ0) is 19.8. The second-order valence-corrected chi connectivity index (χ2v) is 7.08. The van der Waals surface area contributed by atoms with E-state index in [-0.39, 0.29) is 5.91 Å². The molecule has 29 heavy (non-hydrogen) atoms. The molecule has 0 radical (unpaired) electrons. The highest BCUT2D eigenvalue weighted by Crippen LogP contribution is 2.26. The zero-order valence-corrected chi connectivity index (χ0v) is 15.8. The average Bonchev–Trinajstić information content (AvgIpc) is 3.17. The lowest BCUT2D eigenvalue weighted by atomic mass is 10.1. The third kappa shape index (κ3) is 3.36. The molecule has 140 valence electrons. The Labute approximate surface area is 167 Å². The van der Waals surface area contributed by atoms with E-state index in [9.17, 15) is 4.79 Å². The van der Waals surface area contributed by atoms with Crippen molar-refractivity contribution >= 4 is 33.5 Å². The van der Waals surface area contributed by atoms with Gasteiger partial charge in [-0.05, 0) is 71.8 Å². The van der Waals surface area contributed by atoms with E-state index in [1.165, 1.54) is 0 Å². The number of hydrogen-bond acceptors (Lipinski definition) is 3. The summed E-state index contributed by atoms with van der Waals surface area (Å²) in [6.45, 7) is 2.02. The Morgan fingerprint density at radius 3 is 2.48 bits per heavy atom. The minimum atomic E-state index is -0.138. The molecule has 0 fully saturated rings. The van der Waals surface area contributed by atoms with Crippen molar-refractivity contribution in [3.05, 3.63) is 96.1 Å². The summed E-state index contributed by atoms with van der Waals surface area (Å²) in [6, 6.07) is 27.1. The molecule has 0 atom stereocenters. The maximum Gasteiger partial charge on any atom is 0.255 e. The first-order valence-electron chi connectivity index (χ1n) is 9.43. The summed E-state index contributed by atoms with van der Waals surface area (Å²) in [7, 11) is 0. The number of hydrogen-bond donors (Lipinski definition) is 1. The van der Waals surface area contributed by atoms with Gasteiger partial charge in [0.2, 0.25) is 5.89 Å². The molecule has 1 amide bonds. The lowest BCUT2D eigenvalue weighted by Crippen LogP contribution is -2.11. The zero-order valence-electron chi connectivity index (χ0n) is 15.8. The highest BCUT2D eigenvalue weighted by Gasteiger charge is 2.10. The van der Waals surface area contributed by atoms with Gasteiger partial charge in [0, 0.05) is 16.8 Å². The van der Waals surface area contributed by atoms with E-state index in [0.29, 0.717) is 11.5 Å². The maximum absolute atomic E-state index is 12.6. The lowest BCUT2D eigenvalue weighted by Gasteiger charge is -2.07. The van der Waals surface area contributed by atoms with Crippen LogP contribution in [0.15, 0.2) is 89.3 Å². The Bertz CT molecular complexity index is 1350. The summed E-state index contributed by atoms with van der Waals surface area (Å²) >= 11 is 0. The molecule has 5 aromatic rings. The van der Waals surface area contributed by atoms with Crippen LogP contribution in [0.1, 0.15) is 15.9 Å². The van der Waals surface area contributed by atoms with Gasteiger partial charge in [0.05, 0.1) is 0 Å². The number of rotatable bonds is 3. The molecule has 1 heterocycles. The van der Waals surface area contributed by atoms with Crippen LogP contribution in [0, 0.1) is 6.92 Å². The monoisotopic (exact) mass is 378 g/mol. The summed E-state index contributed by atoms with van der Waals surface area (Å²) in [5.41, 5.74) is 4.95. The summed E-state index contributed by atoms with van der Waals surface area (Å²) in [6.07, 6.45) is 0. The average molecular weight is 378 g/mol. The van der Waals surface area contributed by atoms with Crippen LogP contribution >= 0.6 is 0 Å². The van der Waals surface area contributed by atoms with Crippen molar-refractivity contribution < 1.29 is 9.21 Å². The van der Waals surface area contributed by atoms with Gasteiger partial charge in [-0.3, -0.25) is 4.79 Å². The molecule has 0 unspecified atom stereocenters. The first-order valence-corrected chi connectivity index (χ1v) is 9.43. The van der Waals surface area contributed by atoms with Gasteiger partial charge in [-0.2, -0.15) is 0 Å². The number of nitrogens with zero attached hydrogens (tertiary/aromatic N) is 1. The van der Waals surface area contributed by atoms with Crippen LogP contribution in [-0.2, 0) is 0 Å². The maximum atomic E-state index is 12.6. The molecule has 4 nitrogen and oxygen atoms in total. The summed E-state index contributed by atoms with van der Waals surface area (Å²) in [4.78, 5) is 17.2. The Hall–Kier alpha value is -3.92. The number of carbonyl (C=O) groups excluding carboxylic acids is 1. The van der Waals surface area contributed by atoms with E-state index in [1.807, 2.05) is 91.9 Å². The molecule has 4 aromatic carbocycles. The minimum absolute atomic E-state index is 0.138. The van der Waals surface area contributed by atoms with E-state index in [0.717, 1.165) is 38.7 Å². The van der Waals surface area contributed by atoms with Gasteiger partial charge in [-0.25, -0.2) is 4.98 Å². The van der Waals surface area contributed by atoms with Gasteiger partial charge in [0.25, 0.3) is 5.91 Å². The summed E-state index contributed by atoms with van der Waals surface area (Å²) in [5, 5.41) is 5.10. The van der Waals surface area contributed by atoms with E-state index in [4.69, 9.17) is 4.42 Å². The van der Waals surface area contributed by atoms with Crippen LogP contribution in [0.3, 0.4) is 0 Å². The molecule has 0 spiro atoms. The van der Waals surface area contributed by atoms with Crippen LogP contribution in [-0.4, -0.2) is 10.9 Å². The molecule has 5 rings (SSSR count). The van der Waals surface area contributed by atoms with Crippen molar-refractivity contribution in [1.82, 2.24) is 4.98 Å². The fourth-order valence-corrected chi connectivity index (χ4v) is 3.39. The van der Waals surface area contributed by atoms with Gasteiger partial charge < -0.3 is 9.73 Å². The smallest absolute Gasteiger partial charge is 0.255 e. The fraction of sp³-hybridized carbons (Fsp3) is 0.0400. The van der Waals surface area contributed by atoms with Gasteiger partial charge in [-0.15, -0.1) is 0 Å². The number of nitrogens with one attached hydrogen (secondary N) is 1. The molecular formula is C25H18N2O2. The number of carbonyl (C=O) groups is 1. The van der Waals surface area contributed by atoms with Crippen molar-refractivity contribution in [1.29, 1.82) is 0 Å². The van der Waals surface area contributed by atoms with Gasteiger partial charge in [-0.1, -0.05) is 36.4 Å². The third-order valence-electron chi connectivity index (χ3n) is 4.95. The van der Waals surface area contributed by atoms with Crippen LogP contribution < -0.4 is 5.32 Å². The number of benzene rings is 4. The van der Waals surface area contributed by atoms with Gasteiger partial charge in [0.15, 0.2) is 5.58 Å². The van der Waals surface area contributed by atoms with Crippen molar-refractivity contribution in [2.45, 2.75) is 6.92 Å². The largest absolute Gasteiger partial charge is 0.436 e. The normalized spacial score (nSPS) is 11.1. The lowest BCUT2D eigenvalue weighted by molar-refractivity contribution is 0.102. The van der Waals surface area contributed by atoms with Crippen LogP contribution in [0.2, 0.25) is 0 Å². The number of anilines is 1. The first kappa shape index (κ1) is 17.2. The Kier molecular flexibility index (Phi) is 4.10. The number of aromatic nitrogens is 1. The minimum Gasteiger partial charge on any atom is -0.436 e. The van der Waals surface area contributed by atoms with Crippen LogP contribution in [0.4, 0.5) is 5.69 Å². The third-order valence-corrected chi connectivity index (χ3v) is 4.95. The van der Waals surface area contributed by atoms with Crippen molar-refractivity contribution in [2.75, 3.05) is 5.32 Å². The molecule has 0 saturated heterocycles. The quantitative estimate of drug-likeness (QED) is 0.406. The van der Waals surface area contributed by atoms with Crippen molar-refractivity contribution in [2.24, 2.45) is 0 Å². The van der Waals surface area contributed by atoms with E-state index >= 15 is 0 Å². The van der Waals surface area contributed by atoms with Gasteiger partial charge in [0.1, 0.15) is 5.52 Å². The highest BCUT2D eigenvalue weighted by molar-refractivity contribution is 6.06. The molecule has 0 bridgehead atoms. The Morgan fingerprint density at radius 1 is 0.862 bits per heavy atom. The first-order chi connectivity index (χ1) is 14.2. The second-order valence-electron chi connectivity index (χ2n) is 7.08. The van der Waals surface area contributed by atoms with Gasteiger partial charge >= 0.3 is 0 Å². The van der Waals surface area contributed by atoms with E-state index in [2.05, 4.69) is 10.3 Å². The molecule has 4 heteroatoms. The Balaban J connectivity index is 1.37. The van der Waals surface area contributed by atoms with Crippen LogP contribution in [0.5, 0.6) is 0 Å². The topological polar surface area (TPSA) is 55.1 Å². The molecule has 0 saturated carbocycles. The van der Waals surface area contributed by atoms with Crippen molar-refractivity contribution in [3.63, 3.8) is 0 Å². The molecule has 1 N–H and O–H groups in total. The van der Waals surface area contributed by atoms with Crippen molar-refractivity contribution in [3.8, 4) is 11.5 Å². The van der Waals surface area contributed by atoms with Crippen LogP contribution in [0.25, 0.3) is 33.3 Å². The number of oxazole rings is 1. The van der Waals surface area contributed by atoms with E-state index in [1.54, 1.807) is 0 Å². The fourth-order valence-electron chi connectivity index (χ4n) is 3.39. The summed E-state index contributed by atoms with van der Waals surface area (Å²) in [5.74, 6) is 0.429. The molecule has 0 aliphatic carbocycles. The molecule has 0 aliphatic rings. The number of fused-ring (bicyclic) bond motifs is 2. The second kappa shape index (κ2) is 6.91. The highest BCUT2D eigenvalue weighted by atomic mass is 16.3. The summed E-state index contributed by atoms with van der Waals surface area (Å²) < 4.78 is 5.87. The molecule has 0 aliphatic heterocycles.